The van der Waals surface area contributed by atoms with E-state index < -0.39 is 0 Å². The van der Waals surface area contributed by atoms with Crippen molar-refractivity contribution in [1.29, 1.82) is 0 Å². The Kier molecular flexibility index (Phi) is 2.92. The minimum atomic E-state index is -0.194. The highest BCUT2D eigenvalue weighted by Gasteiger charge is 2.30. The fraction of sp³-hybridized carbons (Fsp3) is 0.200. The number of aryl methyl sites for hydroxylation is 1. The molecular formula is C15H14BFO. The Bertz CT molecular complexity index is 582. The Labute approximate surface area is 107 Å². The van der Waals surface area contributed by atoms with Crippen molar-refractivity contribution in [2.24, 2.45) is 0 Å². The topological polar surface area (TPSA) is 9.23 Å². The fourth-order valence-electron chi connectivity index (χ4n) is 2.47. The number of hydrogen-bond donors (Lipinski definition) is 0. The summed E-state index contributed by atoms with van der Waals surface area (Å²) < 4.78 is 19.0. The molecule has 0 unspecified atom stereocenters. The molecule has 0 saturated heterocycles. The Morgan fingerprint density at radius 3 is 2.94 bits per heavy atom. The maximum atomic E-state index is 13.2. The molecule has 1 aliphatic heterocycles. The van der Waals surface area contributed by atoms with Crippen molar-refractivity contribution in [1.82, 2.24) is 0 Å². The number of fused-ring (bicyclic) bond motifs is 1. The molecule has 2 aromatic carbocycles. The van der Waals surface area contributed by atoms with Crippen LogP contribution in [0.5, 0.6) is 0 Å². The van der Waals surface area contributed by atoms with Crippen LogP contribution in [0.1, 0.15) is 18.1 Å². The van der Waals surface area contributed by atoms with Gasteiger partial charge in [-0.05, 0) is 40.6 Å². The lowest BCUT2D eigenvalue weighted by atomic mass is 9.55. The molecule has 0 saturated carbocycles. The molecule has 90 valence electrons. The maximum Gasteiger partial charge on any atom is 0.362 e. The number of halogens is 1. The molecule has 0 bridgehead atoms. The van der Waals surface area contributed by atoms with Crippen LogP contribution in [0.15, 0.2) is 42.5 Å². The van der Waals surface area contributed by atoms with Crippen molar-refractivity contribution in [3.05, 3.63) is 59.4 Å². The predicted molar refractivity (Wildman–Crippen MR) is 72.0 cm³/mol. The van der Waals surface area contributed by atoms with E-state index in [1.807, 2.05) is 6.07 Å². The summed E-state index contributed by atoms with van der Waals surface area (Å²) in [6.07, 6.45) is 1.01. The van der Waals surface area contributed by atoms with Gasteiger partial charge in [0.25, 0.3) is 0 Å². The first-order valence-electron chi connectivity index (χ1n) is 6.26. The van der Waals surface area contributed by atoms with Gasteiger partial charge in [0.2, 0.25) is 0 Å². The number of benzene rings is 2. The van der Waals surface area contributed by atoms with Gasteiger partial charge in [0, 0.05) is 0 Å². The second-order valence-corrected chi connectivity index (χ2v) is 4.63. The van der Waals surface area contributed by atoms with E-state index >= 15 is 0 Å². The minimum absolute atomic E-state index is 0.0490. The third kappa shape index (κ3) is 1.95. The van der Waals surface area contributed by atoms with E-state index in [-0.39, 0.29) is 12.7 Å². The zero-order valence-corrected chi connectivity index (χ0v) is 10.3. The fourth-order valence-corrected chi connectivity index (χ4v) is 2.47. The highest BCUT2D eigenvalue weighted by molar-refractivity contribution is 6.81. The lowest BCUT2D eigenvalue weighted by Crippen LogP contribution is -2.41. The molecular weight excluding hydrogens is 226 g/mol. The van der Waals surface area contributed by atoms with Crippen molar-refractivity contribution in [3.63, 3.8) is 0 Å². The van der Waals surface area contributed by atoms with Gasteiger partial charge in [-0.15, -0.1) is 0 Å². The molecule has 2 aromatic rings. The highest BCUT2D eigenvalue weighted by Crippen LogP contribution is 2.13. The first kappa shape index (κ1) is 11.5. The van der Waals surface area contributed by atoms with Gasteiger partial charge in [-0.1, -0.05) is 37.3 Å². The van der Waals surface area contributed by atoms with Crippen LogP contribution in [0, 0.1) is 5.82 Å². The molecule has 1 heterocycles. The molecule has 3 rings (SSSR count). The number of hydrogen-bond acceptors (Lipinski definition) is 1. The molecule has 0 aliphatic carbocycles. The third-order valence-electron chi connectivity index (χ3n) is 3.46. The van der Waals surface area contributed by atoms with Crippen molar-refractivity contribution in [3.8, 4) is 0 Å². The molecule has 0 aromatic heterocycles. The molecule has 0 fully saturated rings. The van der Waals surface area contributed by atoms with Crippen molar-refractivity contribution < 1.29 is 9.04 Å². The van der Waals surface area contributed by atoms with E-state index in [1.54, 1.807) is 6.07 Å². The summed E-state index contributed by atoms with van der Waals surface area (Å²) in [5.41, 5.74) is 4.50. The average Bonchev–Trinajstić information content (AvgIpc) is 2.81. The second kappa shape index (κ2) is 4.58. The summed E-state index contributed by atoms with van der Waals surface area (Å²) in [6, 6.07) is 13.3. The van der Waals surface area contributed by atoms with Crippen LogP contribution in [-0.4, -0.2) is 6.92 Å². The van der Waals surface area contributed by atoms with E-state index in [4.69, 9.17) is 4.65 Å². The van der Waals surface area contributed by atoms with Gasteiger partial charge < -0.3 is 4.65 Å². The van der Waals surface area contributed by atoms with E-state index in [2.05, 4.69) is 31.2 Å². The van der Waals surface area contributed by atoms with Gasteiger partial charge in [0.1, 0.15) is 5.82 Å². The molecule has 0 radical (unpaired) electrons. The standard InChI is InChI=1S/C15H14BFO/c1-2-11-4-3-5-13(8-11)16-15-7-6-14(17)9-12(15)10-18-16/h3-9H,2,10H2,1H3. The second-order valence-electron chi connectivity index (χ2n) is 4.63. The van der Waals surface area contributed by atoms with Crippen LogP contribution in [0.2, 0.25) is 0 Å². The van der Waals surface area contributed by atoms with Crippen LogP contribution < -0.4 is 10.9 Å². The van der Waals surface area contributed by atoms with Crippen LogP contribution in [0.3, 0.4) is 0 Å². The molecule has 0 N–H and O–H groups in total. The minimum Gasteiger partial charge on any atom is -0.423 e. The molecule has 0 amide bonds. The maximum absolute atomic E-state index is 13.2. The molecule has 1 aliphatic rings. The summed E-state index contributed by atoms with van der Waals surface area (Å²) in [5.74, 6) is -0.194. The smallest absolute Gasteiger partial charge is 0.362 e. The molecule has 1 nitrogen and oxygen atoms in total. The summed E-state index contributed by atoms with van der Waals surface area (Å²) in [7, 11) is 0. The van der Waals surface area contributed by atoms with Gasteiger partial charge >= 0.3 is 6.92 Å². The Morgan fingerprint density at radius 2 is 2.11 bits per heavy atom. The summed E-state index contributed by atoms with van der Waals surface area (Å²) in [5, 5.41) is 0. The van der Waals surface area contributed by atoms with Gasteiger partial charge in [-0.25, -0.2) is 4.39 Å². The third-order valence-corrected chi connectivity index (χ3v) is 3.46. The van der Waals surface area contributed by atoms with E-state index in [0.29, 0.717) is 6.61 Å². The monoisotopic (exact) mass is 240 g/mol. The zero-order valence-electron chi connectivity index (χ0n) is 10.3. The van der Waals surface area contributed by atoms with Gasteiger partial charge in [-0.2, -0.15) is 0 Å². The lowest BCUT2D eigenvalue weighted by Gasteiger charge is -2.08. The summed E-state index contributed by atoms with van der Waals surface area (Å²) in [4.78, 5) is 0. The van der Waals surface area contributed by atoms with Crippen molar-refractivity contribution >= 4 is 17.8 Å². The quantitative estimate of drug-likeness (QED) is 0.730. The van der Waals surface area contributed by atoms with Crippen molar-refractivity contribution in [2.45, 2.75) is 20.0 Å². The SMILES string of the molecule is CCc1cccc(B2OCc3cc(F)ccc32)c1. The normalized spacial score (nSPS) is 13.8. The molecule has 0 spiro atoms. The van der Waals surface area contributed by atoms with Crippen LogP contribution >= 0.6 is 0 Å². The molecule has 18 heavy (non-hydrogen) atoms. The Hall–Kier alpha value is -1.61. The average molecular weight is 240 g/mol. The zero-order chi connectivity index (χ0) is 12.5. The van der Waals surface area contributed by atoms with E-state index in [0.717, 1.165) is 22.9 Å². The van der Waals surface area contributed by atoms with Gasteiger partial charge in [-0.3, -0.25) is 0 Å². The lowest BCUT2D eigenvalue weighted by molar-refractivity contribution is 0.336. The van der Waals surface area contributed by atoms with Crippen LogP contribution in [-0.2, 0) is 17.7 Å². The molecule has 0 atom stereocenters. The summed E-state index contributed by atoms with van der Waals surface area (Å²) in [6.45, 7) is 2.58. The first-order valence-corrected chi connectivity index (χ1v) is 6.26. The molecule has 3 heteroatoms. The Morgan fingerprint density at radius 1 is 1.22 bits per heavy atom. The van der Waals surface area contributed by atoms with Gasteiger partial charge in [0.05, 0.1) is 6.61 Å². The highest BCUT2D eigenvalue weighted by atomic mass is 19.1. The van der Waals surface area contributed by atoms with Crippen LogP contribution in [0.4, 0.5) is 4.39 Å². The van der Waals surface area contributed by atoms with Gasteiger partial charge in [0.15, 0.2) is 0 Å². The number of rotatable bonds is 2. The summed E-state index contributed by atoms with van der Waals surface area (Å²) >= 11 is 0. The van der Waals surface area contributed by atoms with Crippen LogP contribution in [0.25, 0.3) is 0 Å². The largest absolute Gasteiger partial charge is 0.423 e. The predicted octanol–water partition coefficient (Wildman–Crippen LogP) is 2.02. The first-order chi connectivity index (χ1) is 8.78. The Balaban J connectivity index is 2.00. The van der Waals surface area contributed by atoms with E-state index in [1.165, 1.54) is 11.6 Å². The van der Waals surface area contributed by atoms with E-state index in [9.17, 15) is 4.39 Å². The van der Waals surface area contributed by atoms with Crippen molar-refractivity contribution in [2.75, 3.05) is 0 Å².